The molecule has 0 radical (unpaired) electrons. The van der Waals surface area contributed by atoms with Crippen molar-refractivity contribution >= 4 is 35.0 Å². The fourth-order valence-electron chi connectivity index (χ4n) is 5.32. The van der Waals surface area contributed by atoms with Crippen molar-refractivity contribution in [1.29, 1.82) is 0 Å². The molecule has 1 saturated heterocycles. The van der Waals surface area contributed by atoms with Gasteiger partial charge >= 0.3 is 6.03 Å². The van der Waals surface area contributed by atoms with E-state index in [2.05, 4.69) is 25.5 Å². The lowest BCUT2D eigenvalue weighted by Crippen LogP contribution is -2.30. The highest BCUT2D eigenvalue weighted by Crippen LogP contribution is 2.46. The van der Waals surface area contributed by atoms with Gasteiger partial charge in [0.1, 0.15) is 24.2 Å². The summed E-state index contributed by atoms with van der Waals surface area (Å²) in [5.41, 5.74) is 3.78. The molecule has 1 aliphatic heterocycles. The van der Waals surface area contributed by atoms with Gasteiger partial charge in [0.15, 0.2) is 11.5 Å². The zero-order valence-corrected chi connectivity index (χ0v) is 23.4. The third-order valence-electron chi connectivity index (χ3n) is 7.98. The van der Waals surface area contributed by atoms with Crippen LogP contribution in [0.15, 0.2) is 43.0 Å². The number of hydrogen-bond donors (Lipinski definition) is 1. The fraction of sp³-hybridized carbons (Fsp3) is 0.379. The first-order chi connectivity index (χ1) is 20.2. The SMILES string of the molecule is Cc1ccnc([C@H]2C[C@@H]2C(=O)Nc2cc(O[C@@H](C)c3cn4cc(C5CC5)cc(N5CC(=O)N(C)C5=O)c4n3)cnn2)n1. The van der Waals surface area contributed by atoms with Crippen LogP contribution in [-0.2, 0) is 9.59 Å². The zero-order chi connectivity index (χ0) is 29.1. The van der Waals surface area contributed by atoms with Crippen molar-refractivity contribution in [2.24, 2.45) is 5.92 Å². The molecule has 1 N–H and O–H groups in total. The van der Waals surface area contributed by atoms with Crippen LogP contribution in [0.4, 0.5) is 16.3 Å². The van der Waals surface area contributed by atoms with E-state index >= 15 is 0 Å². The minimum absolute atomic E-state index is 0.00736. The van der Waals surface area contributed by atoms with Crippen LogP contribution in [0.25, 0.3) is 5.65 Å². The summed E-state index contributed by atoms with van der Waals surface area (Å²) in [7, 11) is 1.49. The number of aryl methyl sites for hydroxylation is 1. The topological polar surface area (TPSA) is 148 Å². The number of imide groups is 1. The van der Waals surface area contributed by atoms with Crippen molar-refractivity contribution in [2.75, 3.05) is 23.8 Å². The monoisotopic (exact) mass is 567 g/mol. The number of pyridine rings is 1. The highest BCUT2D eigenvalue weighted by atomic mass is 16.5. The first kappa shape index (κ1) is 26.0. The van der Waals surface area contributed by atoms with Crippen LogP contribution in [0.3, 0.4) is 0 Å². The molecule has 13 nitrogen and oxygen atoms in total. The van der Waals surface area contributed by atoms with Crippen molar-refractivity contribution in [2.45, 2.75) is 51.0 Å². The molecule has 3 aliphatic rings. The van der Waals surface area contributed by atoms with E-state index < -0.39 is 6.10 Å². The molecular formula is C29H29N9O4. The van der Waals surface area contributed by atoms with Gasteiger partial charge in [-0.3, -0.25) is 19.4 Å². The number of likely N-dealkylation sites (N-methyl/N-ethyl adjacent to an activating group) is 1. The Balaban J connectivity index is 1.08. The Morgan fingerprint density at radius 1 is 1.17 bits per heavy atom. The zero-order valence-electron chi connectivity index (χ0n) is 23.4. The van der Waals surface area contributed by atoms with Gasteiger partial charge in [0.05, 0.1) is 17.6 Å². The van der Waals surface area contributed by atoms with E-state index in [0.717, 1.165) is 29.0 Å². The second-order valence-corrected chi connectivity index (χ2v) is 11.2. The smallest absolute Gasteiger partial charge is 0.331 e. The summed E-state index contributed by atoms with van der Waals surface area (Å²) in [4.78, 5) is 54.1. The molecule has 7 rings (SSSR count). The Kier molecular flexibility index (Phi) is 6.10. The standard InChI is InChI=1S/C29H29N9O4/c1-15-6-7-30-26(32-15)20-10-21(20)28(40)34-24-9-19(11-31-35-24)42-16(2)22-13-37-12-18(17-4-5-17)8-23(27(37)33-22)38-14-25(39)36(3)29(38)41/h6-9,11-13,16-17,20-21H,4-5,10,14H2,1-3H3,(H,34,35,40)/t16-,20-,21-/m0/s1. The molecule has 2 saturated carbocycles. The summed E-state index contributed by atoms with van der Waals surface area (Å²) in [5.74, 6) is 1.17. The Morgan fingerprint density at radius 2 is 2.00 bits per heavy atom. The number of imidazole rings is 1. The largest absolute Gasteiger partial charge is 0.483 e. The van der Waals surface area contributed by atoms with Gasteiger partial charge < -0.3 is 14.5 Å². The number of carbonyl (C=O) groups excluding carboxylic acids is 3. The van der Waals surface area contributed by atoms with Gasteiger partial charge in [0.2, 0.25) is 11.8 Å². The molecule has 4 aromatic heterocycles. The third kappa shape index (κ3) is 4.80. The highest BCUT2D eigenvalue weighted by molar-refractivity contribution is 6.13. The molecule has 0 spiro atoms. The third-order valence-corrected chi connectivity index (χ3v) is 7.98. The van der Waals surface area contributed by atoms with Crippen LogP contribution in [0.5, 0.6) is 5.75 Å². The van der Waals surface area contributed by atoms with Crippen LogP contribution >= 0.6 is 0 Å². The van der Waals surface area contributed by atoms with Gasteiger partial charge in [-0.25, -0.2) is 19.7 Å². The average Bonchev–Trinajstić information content (AvgIpc) is 3.90. The second kappa shape index (κ2) is 9.86. The van der Waals surface area contributed by atoms with Crippen molar-refractivity contribution in [3.05, 3.63) is 65.8 Å². The number of hydrogen-bond acceptors (Lipinski definition) is 9. The lowest BCUT2D eigenvalue weighted by molar-refractivity contribution is -0.124. The fourth-order valence-corrected chi connectivity index (χ4v) is 5.32. The van der Waals surface area contributed by atoms with Crippen LogP contribution < -0.4 is 15.0 Å². The number of urea groups is 1. The van der Waals surface area contributed by atoms with Crippen LogP contribution in [0.1, 0.15) is 66.9 Å². The van der Waals surface area contributed by atoms with Crippen molar-refractivity contribution < 1.29 is 19.1 Å². The number of nitrogens with one attached hydrogen (secondary N) is 1. The molecule has 4 amide bonds. The maximum absolute atomic E-state index is 12.8. The number of nitrogens with zero attached hydrogens (tertiary/aromatic N) is 8. The summed E-state index contributed by atoms with van der Waals surface area (Å²) >= 11 is 0. The second-order valence-electron chi connectivity index (χ2n) is 11.2. The number of anilines is 2. The number of aromatic nitrogens is 6. The number of fused-ring (bicyclic) bond motifs is 1. The minimum atomic E-state index is -0.486. The molecule has 214 valence electrons. The van der Waals surface area contributed by atoms with Gasteiger partial charge in [0.25, 0.3) is 0 Å². The van der Waals surface area contributed by atoms with Gasteiger partial charge in [-0.1, -0.05) is 0 Å². The molecule has 3 fully saturated rings. The van der Waals surface area contributed by atoms with Gasteiger partial charge in [-0.2, -0.15) is 5.10 Å². The normalized spacial score (nSPS) is 20.7. The first-order valence-corrected chi connectivity index (χ1v) is 14.0. The lowest BCUT2D eigenvalue weighted by atomic mass is 10.1. The number of carbonyl (C=O) groups is 3. The van der Waals surface area contributed by atoms with Crippen molar-refractivity contribution in [1.82, 2.24) is 34.4 Å². The van der Waals surface area contributed by atoms with E-state index in [1.54, 1.807) is 12.3 Å². The van der Waals surface area contributed by atoms with E-state index in [1.807, 2.05) is 42.8 Å². The first-order valence-electron chi connectivity index (χ1n) is 14.0. The van der Waals surface area contributed by atoms with E-state index in [0.29, 0.717) is 40.9 Å². The Bertz CT molecular complexity index is 1750. The summed E-state index contributed by atoms with van der Waals surface area (Å²) in [6.07, 6.45) is 9.46. The molecule has 0 aromatic carbocycles. The molecule has 0 bridgehead atoms. The minimum Gasteiger partial charge on any atom is -0.483 e. The van der Waals surface area contributed by atoms with Crippen molar-refractivity contribution in [3.8, 4) is 5.75 Å². The van der Waals surface area contributed by atoms with Gasteiger partial charge in [-0.05, 0) is 56.7 Å². The van der Waals surface area contributed by atoms with E-state index in [-0.39, 0.29) is 42.0 Å². The highest BCUT2D eigenvalue weighted by Gasteiger charge is 2.46. The van der Waals surface area contributed by atoms with E-state index in [4.69, 9.17) is 9.72 Å². The maximum Gasteiger partial charge on any atom is 0.331 e. The summed E-state index contributed by atoms with van der Waals surface area (Å²) in [5, 5.41) is 10.9. The summed E-state index contributed by atoms with van der Waals surface area (Å²) in [6.45, 7) is 3.73. The van der Waals surface area contributed by atoms with Crippen molar-refractivity contribution in [3.63, 3.8) is 0 Å². The number of rotatable bonds is 8. The van der Waals surface area contributed by atoms with Gasteiger partial charge in [-0.15, -0.1) is 5.10 Å². The molecule has 42 heavy (non-hydrogen) atoms. The Hall–Kier alpha value is -4.94. The Labute approximate surface area is 240 Å². The van der Waals surface area contributed by atoms with Crippen LogP contribution in [0.2, 0.25) is 0 Å². The van der Waals surface area contributed by atoms with Gasteiger partial charge in [0, 0.05) is 49.2 Å². The molecule has 2 aliphatic carbocycles. The lowest BCUT2D eigenvalue weighted by Gasteiger charge is -2.17. The molecule has 4 aromatic rings. The number of ether oxygens (including phenoxy) is 1. The average molecular weight is 568 g/mol. The van der Waals surface area contributed by atoms with E-state index in [1.165, 1.54) is 18.1 Å². The predicted octanol–water partition coefficient (Wildman–Crippen LogP) is 3.38. The Morgan fingerprint density at radius 3 is 2.74 bits per heavy atom. The quantitative estimate of drug-likeness (QED) is 0.316. The number of amides is 4. The van der Waals surface area contributed by atoms with Crippen LogP contribution in [-0.4, -0.2) is 65.9 Å². The molecular weight excluding hydrogens is 538 g/mol. The molecule has 0 unspecified atom stereocenters. The predicted molar refractivity (Wildman–Crippen MR) is 150 cm³/mol. The summed E-state index contributed by atoms with van der Waals surface area (Å²) < 4.78 is 8.05. The summed E-state index contributed by atoms with van der Waals surface area (Å²) in [6, 6.07) is 5.05. The van der Waals surface area contributed by atoms with E-state index in [9.17, 15) is 14.4 Å². The molecule has 5 heterocycles. The molecule has 3 atom stereocenters. The van der Waals surface area contributed by atoms with Crippen LogP contribution in [0, 0.1) is 12.8 Å². The maximum atomic E-state index is 12.8. The molecule has 13 heteroatoms.